The van der Waals surface area contributed by atoms with Gasteiger partial charge in [-0.05, 0) is 50.5 Å². The Balaban J connectivity index is 2.85. The summed E-state index contributed by atoms with van der Waals surface area (Å²) in [6.07, 6.45) is 0. The molecule has 0 saturated carbocycles. The Hall–Kier alpha value is 0.01000. The first-order valence-corrected chi connectivity index (χ1v) is 8.56. The Morgan fingerprint density at radius 1 is 1.21 bits per heavy atom. The van der Waals surface area contributed by atoms with Crippen LogP contribution >= 0.6 is 27.7 Å². The second kappa shape index (κ2) is 7.14. The normalized spacial score (nSPS) is 13.9. The molecule has 0 radical (unpaired) electrons. The second-order valence-electron chi connectivity index (χ2n) is 6.42. The molecule has 0 aliphatic carbocycles. The van der Waals surface area contributed by atoms with Crippen molar-refractivity contribution in [3.63, 3.8) is 0 Å². The zero-order valence-corrected chi connectivity index (χ0v) is 15.3. The van der Waals surface area contributed by atoms with Crippen molar-refractivity contribution in [2.24, 2.45) is 5.92 Å². The Morgan fingerprint density at radius 2 is 1.84 bits per heavy atom. The monoisotopic (exact) mass is 343 g/mol. The van der Waals surface area contributed by atoms with Gasteiger partial charge in [-0.1, -0.05) is 36.7 Å². The zero-order chi connectivity index (χ0) is 14.6. The quantitative estimate of drug-likeness (QED) is 0.711. The number of nitrogens with one attached hydrogen (secondary N) is 1. The highest BCUT2D eigenvalue weighted by Gasteiger charge is 2.14. The van der Waals surface area contributed by atoms with E-state index < -0.39 is 0 Å². The fourth-order valence-electron chi connectivity index (χ4n) is 1.50. The lowest BCUT2D eigenvalue weighted by molar-refractivity contribution is 0.422. The van der Waals surface area contributed by atoms with E-state index in [1.807, 2.05) is 11.8 Å². The molecule has 0 bridgehead atoms. The zero-order valence-electron chi connectivity index (χ0n) is 12.9. The molecular formula is C16H26BrNS. The van der Waals surface area contributed by atoms with Crippen molar-refractivity contribution in [2.75, 3.05) is 0 Å². The van der Waals surface area contributed by atoms with Crippen molar-refractivity contribution in [1.29, 1.82) is 0 Å². The van der Waals surface area contributed by atoms with Gasteiger partial charge in [0, 0.05) is 26.7 Å². The molecule has 0 heterocycles. The SMILES string of the molecule is CC(C)C(C)Sc1ccc(Br)cc1CNC(C)(C)C. The van der Waals surface area contributed by atoms with Gasteiger partial charge in [0.2, 0.25) is 0 Å². The van der Waals surface area contributed by atoms with Crippen molar-refractivity contribution in [3.8, 4) is 0 Å². The molecule has 0 fully saturated rings. The summed E-state index contributed by atoms with van der Waals surface area (Å²) in [7, 11) is 0. The van der Waals surface area contributed by atoms with Crippen molar-refractivity contribution in [2.45, 2.75) is 63.8 Å². The Morgan fingerprint density at radius 3 is 2.37 bits per heavy atom. The highest BCUT2D eigenvalue weighted by molar-refractivity contribution is 9.10. The Kier molecular flexibility index (Phi) is 6.41. The Labute approximate surface area is 131 Å². The van der Waals surface area contributed by atoms with E-state index in [-0.39, 0.29) is 5.54 Å². The molecule has 0 saturated heterocycles. The minimum Gasteiger partial charge on any atom is -0.308 e. The summed E-state index contributed by atoms with van der Waals surface area (Å²) < 4.78 is 1.15. The van der Waals surface area contributed by atoms with Crippen LogP contribution in [-0.2, 0) is 6.54 Å². The molecule has 0 aliphatic rings. The van der Waals surface area contributed by atoms with Crippen molar-refractivity contribution in [3.05, 3.63) is 28.2 Å². The first-order valence-electron chi connectivity index (χ1n) is 6.89. The molecule has 1 atom stereocenters. The van der Waals surface area contributed by atoms with Crippen LogP contribution in [0.1, 0.15) is 47.1 Å². The molecular weight excluding hydrogens is 318 g/mol. The summed E-state index contributed by atoms with van der Waals surface area (Å²) >= 11 is 5.55. The minimum atomic E-state index is 0.147. The molecule has 0 amide bonds. The summed E-state index contributed by atoms with van der Waals surface area (Å²) in [6.45, 7) is 14.4. The average molecular weight is 344 g/mol. The topological polar surface area (TPSA) is 12.0 Å². The molecule has 19 heavy (non-hydrogen) atoms. The van der Waals surface area contributed by atoms with Crippen LogP contribution in [0.25, 0.3) is 0 Å². The van der Waals surface area contributed by atoms with Gasteiger partial charge in [-0.15, -0.1) is 11.8 Å². The third-order valence-corrected chi connectivity index (χ3v) is 5.14. The van der Waals surface area contributed by atoms with Crippen LogP contribution < -0.4 is 5.32 Å². The van der Waals surface area contributed by atoms with Crippen LogP contribution in [0.15, 0.2) is 27.6 Å². The molecule has 108 valence electrons. The highest BCUT2D eigenvalue weighted by atomic mass is 79.9. The number of rotatable bonds is 5. The fraction of sp³-hybridized carbons (Fsp3) is 0.625. The van der Waals surface area contributed by atoms with E-state index in [2.05, 4.69) is 81.0 Å². The van der Waals surface area contributed by atoms with Crippen LogP contribution in [0, 0.1) is 5.92 Å². The summed E-state index contributed by atoms with van der Waals surface area (Å²) in [6, 6.07) is 6.59. The van der Waals surface area contributed by atoms with Crippen LogP contribution in [0.2, 0.25) is 0 Å². The molecule has 1 aromatic rings. The molecule has 0 aromatic heterocycles. The van der Waals surface area contributed by atoms with E-state index in [4.69, 9.17) is 0 Å². The lowest BCUT2D eigenvalue weighted by Crippen LogP contribution is -2.35. The fourth-order valence-corrected chi connectivity index (χ4v) is 3.01. The van der Waals surface area contributed by atoms with Gasteiger partial charge in [0.15, 0.2) is 0 Å². The first-order chi connectivity index (χ1) is 8.69. The van der Waals surface area contributed by atoms with Crippen molar-refractivity contribution >= 4 is 27.7 Å². The molecule has 1 nitrogen and oxygen atoms in total. The largest absolute Gasteiger partial charge is 0.308 e. The smallest absolute Gasteiger partial charge is 0.0221 e. The number of hydrogen-bond acceptors (Lipinski definition) is 2. The summed E-state index contributed by atoms with van der Waals surface area (Å²) in [4.78, 5) is 1.39. The Bertz CT molecular complexity index is 410. The van der Waals surface area contributed by atoms with E-state index in [0.29, 0.717) is 11.2 Å². The van der Waals surface area contributed by atoms with Gasteiger partial charge in [0.25, 0.3) is 0 Å². The van der Waals surface area contributed by atoms with E-state index in [1.165, 1.54) is 10.5 Å². The lowest BCUT2D eigenvalue weighted by atomic mass is 10.1. The maximum absolute atomic E-state index is 3.57. The number of thioether (sulfide) groups is 1. The van der Waals surface area contributed by atoms with Crippen molar-refractivity contribution in [1.82, 2.24) is 5.32 Å². The van der Waals surface area contributed by atoms with Gasteiger partial charge in [0.1, 0.15) is 0 Å². The first kappa shape index (κ1) is 17.1. The van der Waals surface area contributed by atoms with Gasteiger partial charge in [-0.25, -0.2) is 0 Å². The maximum Gasteiger partial charge on any atom is 0.0221 e. The van der Waals surface area contributed by atoms with Crippen LogP contribution in [0.5, 0.6) is 0 Å². The number of halogens is 1. The summed E-state index contributed by atoms with van der Waals surface area (Å²) in [5.41, 5.74) is 1.52. The van der Waals surface area contributed by atoms with E-state index in [9.17, 15) is 0 Å². The molecule has 3 heteroatoms. The molecule has 1 rings (SSSR count). The molecule has 0 aliphatic heterocycles. The molecule has 0 spiro atoms. The van der Waals surface area contributed by atoms with Gasteiger partial charge in [-0.3, -0.25) is 0 Å². The molecule has 1 aromatic carbocycles. The number of benzene rings is 1. The minimum absolute atomic E-state index is 0.147. The molecule has 1 unspecified atom stereocenters. The van der Waals surface area contributed by atoms with E-state index >= 15 is 0 Å². The third-order valence-electron chi connectivity index (χ3n) is 3.08. The standard InChI is InChI=1S/C16H26BrNS/c1-11(2)12(3)19-15-8-7-14(17)9-13(15)10-18-16(4,5)6/h7-9,11-12,18H,10H2,1-6H3. The average Bonchev–Trinajstić information content (AvgIpc) is 2.28. The second-order valence-corrected chi connectivity index (χ2v) is 8.76. The van der Waals surface area contributed by atoms with Gasteiger partial charge in [0.05, 0.1) is 0 Å². The van der Waals surface area contributed by atoms with E-state index in [1.54, 1.807) is 0 Å². The van der Waals surface area contributed by atoms with Crippen LogP contribution in [0.3, 0.4) is 0 Å². The third kappa shape index (κ3) is 6.33. The van der Waals surface area contributed by atoms with Gasteiger partial charge in [-0.2, -0.15) is 0 Å². The molecule has 1 N–H and O–H groups in total. The summed E-state index contributed by atoms with van der Waals surface area (Å²) in [5.74, 6) is 0.692. The van der Waals surface area contributed by atoms with Gasteiger partial charge >= 0.3 is 0 Å². The van der Waals surface area contributed by atoms with Gasteiger partial charge < -0.3 is 5.32 Å². The van der Waals surface area contributed by atoms with Crippen LogP contribution in [-0.4, -0.2) is 10.8 Å². The predicted octanol–water partition coefficient (Wildman–Crippen LogP) is 5.47. The maximum atomic E-state index is 3.57. The lowest BCUT2D eigenvalue weighted by Gasteiger charge is -2.23. The highest BCUT2D eigenvalue weighted by Crippen LogP contribution is 2.32. The predicted molar refractivity (Wildman–Crippen MR) is 90.9 cm³/mol. The summed E-state index contributed by atoms with van der Waals surface area (Å²) in [5, 5.41) is 4.21. The van der Waals surface area contributed by atoms with E-state index in [0.717, 1.165) is 11.0 Å². The van der Waals surface area contributed by atoms with Crippen LogP contribution in [0.4, 0.5) is 0 Å². The number of hydrogen-bond donors (Lipinski definition) is 1. The van der Waals surface area contributed by atoms with Crippen molar-refractivity contribution < 1.29 is 0 Å².